The molecule has 0 bridgehead atoms. The zero-order valence-electron chi connectivity index (χ0n) is 15.1. The van der Waals surface area contributed by atoms with Gasteiger partial charge in [0.05, 0.1) is 0 Å². The highest BCUT2D eigenvalue weighted by Gasteiger charge is 2.18. The highest BCUT2D eigenvalue weighted by atomic mass is 16.6. The second-order valence-corrected chi connectivity index (χ2v) is 6.59. The minimum atomic E-state index is -0.580. The van der Waals surface area contributed by atoms with Crippen LogP contribution in [0.4, 0.5) is 16.2 Å². The fourth-order valence-corrected chi connectivity index (χ4v) is 2.36. The molecule has 2 rings (SSSR count). The molecule has 0 aliphatic heterocycles. The van der Waals surface area contributed by atoms with Crippen molar-refractivity contribution in [2.45, 2.75) is 33.3 Å². The van der Waals surface area contributed by atoms with Crippen molar-refractivity contribution < 1.29 is 14.3 Å². The number of hydrogen-bond acceptors (Lipinski definition) is 3. The zero-order chi connectivity index (χ0) is 18.4. The maximum Gasteiger partial charge on any atom is 0.412 e. The van der Waals surface area contributed by atoms with Crippen molar-refractivity contribution in [3.05, 3.63) is 60.2 Å². The number of carbonyl (C=O) groups is 2. The molecular formula is C20H24N2O3. The Hall–Kier alpha value is -2.82. The molecular weight excluding hydrogens is 316 g/mol. The van der Waals surface area contributed by atoms with Crippen molar-refractivity contribution in [2.75, 3.05) is 16.8 Å². The van der Waals surface area contributed by atoms with Gasteiger partial charge < -0.3 is 9.64 Å². The van der Waals surface area contributed by atoms with Crippen molar-refractivity contribution >= 4 is 23.4 Å². The Balaban J connectivity index is 2.17. The topological polar surface area (TPSA) is 58.6 Å². The van der Waals surface area contributed by atoms with Gasteiger partial charge in [-0.05, 0) is 58.0 Å². The predicted molar refractivity (Wildman–Crippen MR) is 100 cm³/mol. The van der Waals surface area contributed by atoms with E-state index in [0.717, 1.165) is 5.69 Å². The Kier molecular flexibility index (Phi) is 5.80. The number of hydrogen-bond donors (Lipinski definition) is 1. The molecule has 0 atom stereocenters. The minimum absolute atomic E-state index is 0.124. The molecule has 2 amide bonds. The van der Waals surface area contributed by atoms with E-state index in [1.54, 1.807) is 49.9 Å². The quantitative estimate of drug-likeness (QED) is 0.877. The van der Waals surface area contributed by atoms with Gasteiger partial charge in [0.2, 0.25) is 0 Å². The van der Waals surface area contributed by atoms with E-state index in [-0.39, 0.29) is 5.91 Å². The molecule has 132 valence electrons. The van der Waals surface area contributed by atoms with Crippen LogP contribution in [0.5, 0.6) is 0 Å². The molecule has 0 aromatic heterocycles. The van der Waals surface area contributed by atoms with Crippen molar-refractivity contribution in [1.82, 2.24) is 0 Å². The monoisotopic (exact) mass is 340 g/mol. The van der Waals surface area contributed by atoms with Gasteiger partial charge in [0.25, 0.3) is 5.91 Å². The first kappa shape index (κ1) is 18.5. The molecule has 1 N–H and O–H groups in total. The molecule has 25 heavy (non-hydrogen) atoms. The molecule has 0 saturated carbocycles. The molecule has 0 heterocycles. The first-order chi connectivity index (χ1) is 11.8. The molecule has 0 saturated heterocycles. The fraction of sp³-hybridized carbons (Fsp3) is 0.300. The maximum atomic E-state index is 12.8. The molecule has 0 aliphatic carbocycles. The van der Waals surface area contributed by atoms with Gasteiger partial charge in [-0.3, -0.25) is 10.1 Å². The number of benzene rings is 2. The normalized spacial score (nSPS) is 10.9. The maximum absolute atomic E-state index is 12.8. The van der Waals surface area contributed by atoms with E-state index in [1.165, 1.54) is 0 Å². The van der Waals surface area contributed by atoms with Crippen LogP contribution >= 0.6 is 0 Å². The molecule has 0 radical (unpaired) electrons. The van der Waals surface area contributed by atoms with Crippen LogP contribution in [0.1, 0.15) is 38.1 Å². The Morgan fingerprint density at radius 3 is 2.32 bits per heavy atom. The number of para-hydroxylation sites is 1. The number of rotatable bonds is 4. The third-order valence-electron chi connectivity index (χ3n) is 3.38. The highest BCUT2D eigenvalue weighted by molar-refractivity contribution is 6.06. The minimum Gasteiger partial charge on any atom is -0.444 e. The summed E-state index contributed by atoms with van der Waals surface area (Å²) in [7, 11) is 0. The molecule has 0 unspecified atom stereocenters. The van der Waals surface area contributed by atoms with E-state index >= 15 is 0 Å². The first-order valence-corrected chi connectivity index (χ1v) is 8.27. The summed E-state index contributed by atoms with van der Waals surface area (Å²) >= 11 is 0. The van der Waals surface area contributed by atoms with Crippen LogP contribution in [-0.4, -0.2) is 24.1 Å². The fourth-order valence-electron chi connectivity index (χ4n) is 2.36. The van der Waals surface area contributed by atoms with E-state index in [1.807, 2.05) is 37.3 Å². The van der Waals surface area contributed by atoms with Gasteiger partial charge in [-0.15, -0.1) is 0 Å². The lowest BCUT2D eigenvalue weighted by atomic mass is 10.1. The smallest absolute Gasteiger partial charge is 0.412 e. The van der Waals surface area contributed by atoms with Gasteiger partial charge in [-0.2, -0.15) is 0 Å². The summed E-state index contributed by atoms with van der Waals surface area (Å²) in [5.41, 5.74) is 1.27. The Morgan fingerprint density at radius 2 is 1.72 bits per heavy atom. The van der Waals surface area contributed by atoms with Crippen molar-refractivity contribution in [3.8, 4) is 0 Å². The summed E-state index contributed by atoms with van der Waals surface area (Å²) < 4.78 is 5.23. The summed E-state index contributed by atoms with van der Waals surface area (Å²) in [6, 6.07) is 16.3. The van der Waals surface area contributed by atoms with Gasteiger partial charge >= 0.3 is 6.09 Å². The van der Waals surface area contributed by atoms with Crippen LogP contribution in [0.2, 0.25) is 0 Å². The number of amides is 2. The van der Waals surface area contributed by atoms with E-state index in [2.05, 4.69) is 5.32 Å². The highest BCUT2D eigenvalue weighted by Crippen LogP contribution is 2.19. The van der Waals surface area contributed by atoms with Crippen molar-refractivity contribution in [1.29, 1.82) is 0 Å². The SMILES string of the molecule is CCN(C(=O)c1cccc(NC(=O)OC(C)(C)C)c1)c1ccccc1. The van der Waals surface area contributed by atoms with Crippen molar-refractivity contribution in [2.24, 2.45) is 0 Å². The third kappa shape index (κ3) is 5.35. The Bertz CT molecular complexity index is 736. The van der Waals surface area contributed by atoms with Gasteiger partial charge in [0, 0.05) is 23.5 Å². The number of ether oxygens (including phenoxy) is 1. The van der Waals surface area contributed by atoms with E-state index in [4.69, 9.17) is 4.74 Å². The molecule has 5 nitrogen and oxygen atoms in total. The van der Waals surface area contributed by atoms with Crippen molar-refractivity contribution in [3.63, 3.8) is 0 Å². The lowest BCUT2D eigenvalue weighted by molar-refractivity contribution is 0.0635. The predicted octanol–water partition coefficient (Wildman–Crippen LogP) is 4.70. The lowest BCUT2D eigenvalue weighted by Crippen LogP contribution is -2.30. The Labute approximate surface area is 148 Å². The molecule has 2 aromatic carbocycles. The van der Waals surface area contributed by atoms with Gasteiger partial charge in [-0.1, -0.05) is 24.3 Å². The lowest BCUT2D eigenvalue weighted by Gasteiger charge is -2.22. The zero-order valence-corrected chi connectivity index (χ0v) is 15.1. The summed E-state index contributed by atoms with van der Waals surface area (Å²) in [4.78, 5) is 26.4. The second kappa shape index (κ2) is 7.83. The van der Waals surface area contributed by atoms with E-state index in [9.17, 15) is 9.59 Å². The molecule has 2 aromatic rings. The summed E-state index contributed by atoms with van der Waals surface area (Å²) in [6.07, 6.45) is -0.549. The standard InChI is InChI=1S/C20H24N2O3/c1-5-22(17-12-7-6-8-13-17)18(23)15-10-9-11-16(14-15)21-19(24)25-20(2,3)4/h6-14H,5H2,1-4H3,(H,21,24). The van der Waals surface area contributed by atoms with Crippen LogP contribution < -0.4 is 10.2 Å². The number of anilines is 2. The summed E-state index contributed by atoms with van der Waals surface area (Å²) in [5, 5.41) is 2.66. The largest absolute Gasteiger partial charge is 0.444 e. The van der Waals surface area contributed by atoms with Crippen LogP contribution in [0.3, 0.4) is 0 Å². The molecule has 0 aliphatic rings. The third-order valence-corrected chi connectivity index (χ3v) is 3.38. The average Bonchev–Trinajstić information content (AvgIpc) is 2.55. The van der Waals surface area contributed by atoms with Crippen LogP contribution in [0, 0.1) is 0 Å². The van der Waals surface area contributed by atoms with Gasteiger partial charge in [0.1, 0.15) is 5.60 Å². The summed E-state index contributed by atoms with van der Waals surface area (Å²) in [5.74, 6) is -0.124. The van der Waals surface area contributed by atoms with Crippen LogP contribution in [0.25, 0.3) is 0 Å². The van der Waals surface area contributed by atoms with E-state index < -0.39 is 11.7 Å². The average molecular weight is 340 g/mol. The number of nitrogens with zero attached hydrogens (tertiary/aromatic N) is 1. The number of nitrogens with one attached hydrogen (secondary N) is 1. The van der Waals surface area contributed by atoms with Gasteiger partial charge in [-0.25, -0.2) is 4.79 Å². The first-order valence-electron chi connectivity index (χ1n) is 8.27. The molecule has 0 fully saturated rings. The van der Waals surface area contributed by atoms with E-state index in [0.29, 0.717) is 17.8 Å². The molecule has 0 spiro atoms. The second-order valence-electron chi connectivity index (χ2n) is 6.59. The van der Waals surface area contributed by atoms with Crippen LogP contribution in [0.15, 0.2) is 54.6 Å². The number of carbonyl (C=O) groups excluding carboxylic acids is 2. The van der Waals surface area contributed by atoms with Gasteiger partial charge in [0.15, 0.2) is 0 Å². The van der Waals surface area contributed by atoms with Crippen LogP contribution in [-0.2, 0) is 4.74 Å². The Morgan fingerprint density at radius 1 is 1.04 bits per heavy atom. The molecule has 5 heteroatoms. The summed E-state index contributed by atoms with van der Waals surface area (Å²) in [6.45, 7) is 7.86.